The molecule has 1 aliphatic rings. The lowest BCUT2D eigenvalue weighted by Gasteiger charge is -2.25. The van der Waals surface area contributed by atoms with E-state index in [9.17, 15) is 9.59 Å². The van der Waals surface area contributed by atoms with Gasteiger partial charge in [-0.15, -0.1) is 0 Å². The first-order valence-electron chi connectivity index (χ1n) is 9.01. The topological polar surface area (TPSA) is 63.6 Å². The van der Waals surface area contributed by atoms with Crippen molar-refractivity contribution in [1.29, 1.82) is 0 Å². The van der Waals surface area contributed by atoms with Gasteiger partial charge in [0, 0.05) is 0 Å². The molecule has 4 nitrogen and oxygen atoms in total. The molecule has 25 heavy (non-hydrogen) atoms. The number of carbonyl (C=O) groups is 2. The summed E-state index contributed by atoms with van der Waals surface area (Å²) in [6.07, 6.45) is 2.09. The van der Waals surface area contributed by atoms with Gasteiger partial charge in [0.2, 0.25) is 0 Å². The molecule has 0 fully saturated rings. The van der Waals surface area contributed by atoms with Crippen molar-refractivity contribution in [1.82, 2.24) is 0 Å². The number of carboxylic acid groups (broad SMARTS) is 1. The van der Waals surface area contributed by atoms with Crippen LogP contribution in [0.2, 0.25) is 0 Å². The van der Waals surface area contributed by atoms with Gasteiger partial charge < -0.3 is 9.84 Å². The fraction of sp³-hybridized carbons (Fsp3) is 0.619. The Balaban J connectivity index is 0.000000705. The van der Waals surface area contributed by atoms with Gasteiger partial charge in [-0.25, -0.2) is 4.79 Å². The van der Waals surface area contributed by atoms with Gasteiger partial charge in [-0.3, -0.25) is 4.79 Å². The Bertz CT molecular complexity index is 594. The highest BCUT2D eigenvalue weighted by molar-refractivity contribution is 5.88. The Morgan fingerprint density at radius 3 is 2.32 bits per heavy atom. The largest absolute Gasteiger partial charge is 0.478 e. The molecule has 0 bridgehead atoms. The molecule has 1 aromatic carbocycles. The summed E-state index contributed by atoms with van der Waals surface area (Å²) in [4.78, 5) is 23.1. The van der Waals surface area contributed by atoms with Crippen molar-refractivity contribution in [3.63, 3.8) is 0 Å². The highest BCUT2D eigenvalue weighted by atomic mass is 16.5. The lowest BCUT2D eigenvalue weighted by molar-refractivity contribution is -0.151. The first-order valence-corrected chi connectivity index (χ1v) is 9.01. The average molecular weight is 348 g/mol. The molecule has 0 spiro atoms. The van der Waals surface area contributed by atoms with Crippen LogP contribution in [0.1, 0.15) is 69.4 Å². The molecule has 4 heteroatoms. The van der Waals surface area contributed by atoms with Crippen LogP contribution in [0.25, 0.3) is 0 Å². The molecule has 1 aliphatic carbocycles. The Kier molecular flexibility index (Phi) is 7.65. The molecule has 140 valence electrons. The molecule has 0 aromatic heterocycles. The zero-order valence-corrected chi connectivity index (χ0v) is 16.4. The zero-order chi connectivity index (χ0) is 19.2. The number of carboxylic acids is 1. The van der Waals surface area contributed by atoms with Crippen LogP contribution in [0, 0.1) is 17.3 Å². The second-order valence-electron chi connectivity index (χ2n) is 8.63. The fourth-order valence-corrected chi connectivity index (χ4v) is 2.49. The quantitative estimate of drug-likeness (QED) is 0.801. The summed E-state index contributed by atoms with van der Waals surface area (Å²) in [5.74, 6) is -0.335. The Morgan fingerprint density at radius 2 is 1.80 bits per heavy atom. The van der Waals surface area contributed by atoms with E-state index in [2.05, 4.69) is 20.8 Å². The van der Waals surface area contributed by atoms with E-state index in [1.165, 1.54) is 0 Å². The van der Waals surface area contributed by atoms with Crippen molar-refractivity contribution in [2.24, 2.45) is 17.3 Å². The van der Waals surface area contributed by atoms with E-state index in [1.54, 1.807) is 12.1 Å². The standard InChI is InChI=1S/C17H22O4.C4H10/c1-17(2,3)10-21-16(20)14-7-5-11-8-13(15(18)19)6-4-12(11)9-14;1-4(2)3/h4,6,8,14H,5,7,9-10H2,1-3H3,(H,18,19);4H,1-3H3. The first kappa shape index (κ1) is 21.2. The average Bonchev–Trinajstić information content (AvgIpc) is 2.50. The second kappa shape index (κ2) is 9.02. The van der Waals surface area contributed by atoms with Gasteiger partial charge in [-0.05, 0) is 53.9 Å². The number of carbonyl (C=O) groups excluding carboxylic acids is 1. The van der Waals surface area contributed by atoms with Crippen LogP contribution in [0.15, 0.2) is 18.2 Å². The minimum atomic E-state index is -0.912. The predicted molar refractivity (Wildman–Crippen MR) is 99.8 cm³/mol. The molecule has 0 amide bonds. The zero-order valence-electron chi connectivity index (χ0n) is 16.4. The van der Waals surface area contributed by atoms with Gasteiger partial charge in [0.15, 0.2) is 0 Å². The molecule has 1 aromatic rings. The van der Waals surface area contributed by atoms with Gasteiger partial charge in [0.1, 0.15) is 0 Å². The normalized spacial score (nSPS) is 16.5. The van der Waals surface area contributed by atoms with E-state index in [-0.39, 0.29) is 17.3 Å². The summed E-state index contributed by atoms with van der Waals surface area (Å²) in [5, 5.41) is 9.00. The Hall–Kier alpha value is -1.84. The van der Waals surface area contributed by atoms with Crippen LogP contribution >= 0.6 is 0 Å². The van der Waals surface area contributed by atoms with Crippen LogP contribution in [0.3, 0.4) is 0 Å². The summed E-state index contributed by atoms with van der Waals surface area (Å²) in [7, 11) is 0. The highest BCUT2D eigenvalue weighted by Crippen LogP contribution is 2.28. The van der Waals surface area contributed by atoms with Crippen LogP contribution in [0.4, 0.5) is 0 Å². The number of benzene rings is 1. The maximum absolute atomic E-state index is 12.1. The van der Waals surface area contributed by atoms with E-state index in [1.807, 2.05) is 26.8 Å². The number of aryl methyl sites for hydroxylation is 1. The number of hydrogen-bond acceptors (Lipinski definition) is 3. The van der Waals surface area contributed by atoms with E-state index >= 15 is 0 Å². The third kappa shape index (κ3) is 7.72. The predicted octanol–water partition coefficient (Wildman–Crippen LogP) is 4.74. The molecular weight excluding hydrogens is 316 g/mol. The third-order valence-corrected chi connectivity index (χ3v) is 3.66. The molecule has 0 heterocycles. The molecule has 1 N–H and O–H groups in total. The molecular formula is C21H32O4. The summed E-state index contributed by atoms with van der Waals surface area (Å²) in [6.45, 7) is 13.0. The first-order chi connectivity index (χ1) is 11.5. The van der Waals surface area contributed by atoms with Crippen molar-refractivity contribution in [2.45, 2.75) is 60.8 Å². The fourth-order valence-electron chi connectivity index (χ4n) is 2.49. The Labute approximate surface area is 151 Å². The van der Waals surface area contributed by atoms with Crippen LogP contribution in [0.5, 0.6) is 0 Å². The van der Waals surface area contributed by atoms with E-state index in [4.69, 9.17) is 9.84 Å². The van der Waals surface area contributed by atoms with Crippen molar-refractivity contribution in [3.05, 3.63) is 34.9 Å². The highest BCUT2D eigenvalue weighted by Gasteiger charge is 2.27. The maximum atomic E-state index is 12.1. The summed E-state index contributed by atoms with van der Waals surface area (Å²) in [6, 6.07) is 5.14. The van der Waals surface area contributed by atoms with E-state index in [0.29, 0.717) is 18.6 Å². The Morgan fingerprint density at radius 1 is 1.20 bits per heavy atom. The van der Waals surface area contributed by atoms with Crippen molar-refractivity contribution >= 4 is 11.9 Å². The van der Waals surface area contributed by atoms with Gasteiger partial charge in [0.05, 0.1) is 18.1 Å². The molecule has 0 saturated carbocycles. The molecule has 2 rings (SSSR count). The lowest BCUT2D eigenvalue weighted by atomic mass is 9.83. The molecule has 0 saturated heterocycles. The third-order valence-electron chi connectivity index (χ3n) is 3.66. The van der Waals surface area contributed by atoms with Gasteiger partial charge >= 0.3 is 11.9 Å². The smallest absolute Gasteiger partial charge is 0.335 e. The van der Waals surface area contributed by atoms with Crippen LogP contribution in [-0.2, 0) is 22.4 Å². The van der Waals surface area contributed by atoms with Crippen LogP contribution in [-0.4, -0.2) is 23.7 Å². The molecule has 1 unspecified atom stereocenters. The monoisotopic (exact) mass is 348 g/mol. The number of hydrogen-bond donors (Lipinski definition) is 1. The molecule has 1 atom stereocenters. The van der Waals surface area contributed by atoms with Crippen molar-refractivity contribution < 1.29 is 19.4 Å². The lowest BCUT2D eigenvalue weighted by Crippen LogP contribution is -2.28. The molecule has 0 radical (unpaired) electrons. The number of aromatic carboxylic acids is 1. The minimum absolute atomic E-state index is 0.0291. The van der Waals surface area contributed by atoms with Gasteiger partial charge in [-0.1, -0.05) is 47.6 Å². The van der Waals surface area contributed by atoms with E-state index in [0.717, 1.165) is 29.9 Å². The number of rotatable bonds is 3. The van der Waals surface area contributed by atoms with Crippen LogP contribution < -0.4 is 0 Å². The second-order valence-corrected chi connectivity index (χ2v) is 8.63. The van der Waals surface area contributed by atoms with Gasteiger partial charge in [-0.2, -0.15) is 0 Å². The summed E-state index contributed by atoms with van der Waals surface area (Å²) >= 11 is 0. The van der Waals surface area contributed by atoms with E-state index < -0.39 is 5.97 Å². The number of esters is 1. The SMILES string of the molecule is CC(C)(C)COC(=O)C1CCc2cc(C(=O)O)ccc2C1.CC(C)C. The van der Waals surface area contributed by atoms with Gasteiger partial charge in [0.25, 0.3) is 0 Å². The maximum Gasteiger partial charge on any atom is 0.335 e. The number of fused-ring (bicyclic) bond motifs is 1. The summed E-state index contributed by atoms with van der Waals surface area (Å²) < 4.78 is 5.39. The minimum Gasteiger partial charge on any atom is -0.478 e. The van der Waals surface area contributed by atoms with Crippen molar-refractivity contribution in [2.75, 3.05) is 6.61 Å². The summed E-state index contributed by atoms with van der Waals surface area (Å²) in [5.41, 5.74) is 2.37. The van der Waals surface area contributed by atoms with Crippen molar-refractivity contribution in [3.8, 4) is 0 Å². The molecule has 0 aliphatic heterocycles. The number of ether oxygens (including phenoxy) is 1.